The largest absolute Gasteiger partial charge is 0.326 e. The van der Waals surface area contributed by atoms with Crippen molar-refractivity contribution in [2.24, 2.45) is 5.92 Å². The van der Waals surface area contributed by atoms with Crippen molar-refractivity contribution in [3.05, 3.63) is 52.0 Å². The van der Waals surface area contributed by atoms with Gasteiger partial charge in [0.1, 0.15) is 0 Å². The Morgan fingerprint density at radius 1 is 1.15 bits per heavy atom. The molecule has 0 radical (unpaired) electrons. The lowest BCUT2D eigenvalue weighted by molar-refractivity contribution is -0.121. The van der Waals surface area contributed by atoms with E-state index in [1.165, 1.54) is 4.31 Å². The van der Waals surface area contributed by atoms with E-state index in [0.717, 1.165) is 23.2 Å². The van der Waals surface area contributed by atoms with E-state index in [0.29, 0.717) is 48.9 Å². The summed E-state index contributed by atoms with van der Waals surface area (Å²) in [4.78, 5) is 27.2. The number of piperidine rings is 1. The number of aryl methyl sites for hydroxylation is 1. The van der Waals surface area contributed by atoms with Crippen LogP contribution in [0, 0.1) is 5.92 Å². The predicted octanol–water partition coefficient (Wildman–Crippen LogP) is 4.35. The van der Waals surface area contributed by atoms with Crippen molar-refractivity contribution in [1.29, 1.82) is 0 Å². The molecule has 1 atom stereocenters. The van der Waals surface area contributed by atoms with Gasteiger partial charge >= 0.3 is 0 Å². The Bertz CT molecular complexity index is 1210. The highest BCUT2D eigenvalue weighted by atomic mass is 79.9. The minimum atomic E-state index is -3.85. The van der Waals surface area contributed by atoms with Gasteiger partial charge in [0.15, 0.2) is 0 Å². The average molecular weight is 549 g/mol. The number of fused-ring (bicyclic) bond motifs is 1. The van der Waals surface area contributed by atoms with E-state index in [9.17, 15) is 18.0 Å². The summed E-state index contributed by atoms with van der Waals surface area (Å²) >= 11 is 3.44. The average Bonchev–Trinajstić information content (AvgIpc) is 3.26. The molecular formula is C25H30BrN3O4S. The Morgan fingerprint density at radius 3 is 2.65 bits per heavy atom. The zero-order chi connectivity index (χ0) is 24.5. The molecule has 0 aromatic heterocycles. The Balaban J connectivity index is 1.56. The second-order valence-electron chi connectivity index (χ2n) is 8.76. The summed E-state index contributed by atoms with van der Waals surface area (Å²) in [7, 11) is -3.85. The number of anilines is 2. The fourth-order valence-corrected chi connectivity index (χ4v) is 7.33. The van der Waals surface area contributed by atoms with Crippen molar-refractivity contribution in [2.75, 3.05) is 29.9 Å². The third-order valence-corrected chi connectivity index (χ3v) is 9.48. The summed E-state index contributed by atoms with van der Waals surface area (Å²) in [5.41, 5.74) is 3.44. The number of sulfonamides is 1. The lowest BCUT2D eigenvalue weighted by Crippen LogP contribution is -2.43. The first-order valence-electron chi connectivity index (χ1n) is 11.8. The number of carbonyl (C=O) groups is 2. The van der Waals surface area contributed by atoms with Crippen LogP contribution in [0.2, 0.25) is 0 Å². The van der Waals surface area contributed by atoms with E-state index in [2.05, 4.69) is 21.2 Å². The maximum absolute atomic E-state index is 13.6. The molecule has 4 rings (SSSR count). The molecule has 2 amide bonds. The Hall–Kier alpha value is -2.23. The maximum atomic E-state index is 13.6. The molecule has 0 bridgehead atoms. The molecule has 0 spiro atoms. The van der Waals surface area contributed by atoms with Crippen molar-refractivity contribution in [1.82, 2.24) is 4.31 Å². The van der Waals surface area contributed by atoms with Crippen LogP contribution >= 0.6 is 15.9 Å². The van der Waals surface area contributed by atoms with Gasteiger partial charge in [-0.05, 0) is 70.9 Å². The Kier molecular flexibility index (Phi) is 7.45. The van der Waals surface area contributed by atoms with E-state index in [-0.39, 0.29) is 23.3 Å². The number of hydrogen-bond acceptors (Lipinski definition) is 4. The van der Waals surface area contributed by atoms with Gasteiger partial charge in [0.05, 0.1) is 10.8 Å². The van der Waals surface area contributed by atoms with Crippen LogP contribution in [0.1, 0.15) is 44.2 Å². The van der Waals surface area contributed by atoms with Gasteiger partial charge in [0, 0.05) is 41.9 Å². The van der Waals surface area contributed by atoms with Crippen LogP contribution in [0.3, 0.4) is 0 Å². The molecule has 1 N–H and O–H groups in total. The van der Waals surface area contributed by atoms with Crippen LogP contribution < -0.4 is 10.2 Å². The molecule has 2 heterocycles. The number of nitrogens with one attached hydrogen (secondary N) is 1. The van der Waals surface area contributed by atoms with Gasteiger partial charge in [-0.25, -0.2) is 8.42 Å². The van der Waals surface area contributed by atoms with Gasteiger partial charge in [0.25, 0.3) is 0 Å². The predicted molar refractivity (Wildman–Crippen MR) is 136 cm³/mol. The fraction of sp³-hybridized carbons (Fsp3) is 0.440. The van der Waals surface area contributed by atoms with Crippen LogP contribution in [0.15, 0.2) is 45.8 Å². The van der Waals surface area contributed by atoms with E-state index in [1.54, 1.807) is 24.0 Å². The lowest BCUT2D eigenvalue weighted by atomic mass is 9.98. The third-order valence-electron chi connectivity index (χ3n) is 6.66. The van der Waals surface area contributed by atoms with E-state index >= 15 is 0 Å². The number of rotatable bonds is 6. The molecule has 9 heteroatoms. The maximum Gasteiger partial charge on any atom is 0.244 e. The van der Waals surface area contributed by atoms with Gasteiger partial charge < -0.3 is 10.2 Å². The molecule has 1 saturated heterocycles. The van der Waals surface area contributed by atoms with Crippen molar-refractivity contribution < 1.29 is 18.0 Å². The van der Waals surface area contributed by atoms with Gasteiger partial charge in [-0.3, -0.25) is 9.59 Å². The standard InChI is InChI=1S/C25H30BrN3O4S/c1-3-17-8-5-6-10-21(17)27-25(31)19-9-7-12-28(16-19)34(32,33)23-15-22-18(14-20(23)26)11-13-29(22)24(30)4-2/h5-6,8,10,14-15,19H,3-4,7,9,11-13,16H2,1-2H3,(H,27,31)/t19-/m1/s1. The number of amides is 2. The zero-order valence-electron chi connectivity index (χ0n) is 19.5. The van der Waals surface area contributed by atoms with Gasteiger partial charge in [-0.15, -0.1) is 0 Å². The summed E-state index contributed by atoms with van der Waals surface area (Å²) in [6, 6.07) is 11.1. The molecule has 2 aliphatic heterocycles. The molecule has 34 heavy (non-hydrogen) atoms. The summed E-state index contributed by atoms with van der Waals surface area (Å²) in [5.74, 6) is -0.611. The fourth-order valence-electron chi connectivity index (χ4n) is 4.73. The number of halogens is 1. The number of benzene rings is 2. The third kappa shape index (κ3) is 4.78. The molecule has 2 aromatic rings. The van der Waals surface area contributed by atoms with Crippen LogP contribution in [0.25, 0.3) is 0 Å². The van der Waals surface area contributed by atoms with Crippen molar-refractivity contribution in [3.63, 3.8) is 0 Å². The van der Waals surface area contributed by atoms with E-state index in [4.69, 9.17) is 0 Å². The number of para-hydroxylation sites is 1. The molecule has 1 fully saturated rings. The quantitative estimate of drug-likeness (QED) is 0.582. The molecule has 0 aliphatic carbocycles. The van der Waals surface area contributed by atoms with Gasteiger partial charge in [0.2, 0.25) is 21.8 Å². The Labute approximate surface area is 209 Å². The zero-order valence-corrected chi connectivity index (χ0v) is 21.9. The number of nitrogens with zero attached hydrogens (tertiary/aromatic N) is 2. The summed E-state index contributed by atoms with van der Waals surface area (Å²) in [6.07, 6.45) is 3.10. The first-order chi connectivity index (χ1) is 16.3. The molecule has 2 aromatic carbocycles. The summed E-state index contributed by atoms with van der Waals surface area (Å²) in [6.45, 7) is 4.88. The molecule has 182 valence electrons. The van der Waals surface area contributed by atoms with Crippen LogP contribution in [-0.4, -0.2) is 44.2 Å². The van der Waals surface area contributed by atoms with Gasteiger partial charge in [-0.1, -0.05) is 32.0 Å². The Morgan fingerprint density at radius 2 is 1.91 bits per heavy atom. The van der Waals surface area contributed by atoms with Crippen molar-refractivity contribution in [2.45, 2.75) is 50.8 Å². The smallest absolute Gasteiger partial charge is 0.244 e. The summed E-state index contributed by atoms with van der Waals surface area (Å²) in [5, 5.41) is 3.00. The highest BCUT2D eigenvalue weighted by molar-refractivity contribution is 9.10. The highest BCUT2D eigenvalue weighted by Gasteiger charge is 2.36. The van der Waals surface area contributed by atoms with Crippen LogP contribution in [0.4, 0.5) is 11.4 Å². The van der Waals surface area contributed by atoms with Gasteiger partial charge in [-0.2, -0.15) is 4.31 Å². The van der Waals surface area contributed by atoms with E-state index < -0.39 is 15.9 Å². The number of carbonyl (C=O) groups excluding carboxylic acids is 2. The molecule has 7 nitrogen and oxygen atoms in total. The summed E-state index contributed by atoms with van der Waals surface area (Å²) < 4.78 is 29.2. The second-order valence-corrected chi connectivity index (χ2v) is 11.5. The van der Waals surface area contributed by atoms with Crippen molar-refractivity contribution in [3.8, 4) is 0 Å². The molecule has 0 saturated carbocycles. The lowest BCUT2D eigenvalue weighted by Gasteiger charge is -2.32. The van der Waals surface area contributed by atoms with E-state index in [1.807, 2.05) is 31.2 Å². The highest BCUT2D eigenvalue weighted by Crippen LogP contribution is 2.37. The van der Waals surface area contributed by atoms with Crippen LogP contribution in [-0.2, 0) is 32.5 Å². The SMILES string of the molecule is CCC(=O)N1CCc2cc(Br)c(S(=O)(=O)N3CCC[C@@H](C(=O)Nc4ccccc4CC)C3)cc21. The normalized spacial score (nSPS) is 18.6. The molecule has 0 unspecified atom stereocenters. The minimum absolute atomic E-state index is 0.0218. The van der Waals surface area contributed by atoms with Crippen LogP contribution in [0.5, 0.6) is 0 Å². The molecular weight excluding hydrogens is 518 g/mol. The number of hydrogen-bond donors (Lipinski definition) is 1. The monoisotopic (exact) mass is 547 g/mol. The van der Waals surface area contributed by atoms with Crippen molar-refractivity contribution >= 4 is 49.1 Å². The molecule has 2 aliphatic rings. The first kappa shape index (κ1) is 24.9. The minimum Gasteiger partial charge on any atom is -0.326 e. The first-order valence-corrected chi connectivity index (χ1v) is 14.0. The topological polar surface area (TPSA) is 86.8 Å². The second kappa shape index (κ2) is 10.2.